The predicted octanol–water partition coefficient (Wildman–Crippen LogP) is 3.23. The van der Waals surface area contributed by atoms with Crippen LogP contribution in [-0.4, -0.2) is 11.5 Å². The lowest BCUT2D eigenvalue weighted by atomic mass is 9.99. The summed E-state index contributed by atoms with van der Waals surface area (Å²) in [7, 11) is 0. The van der Waals surface area contributed by atoms with Crippen molar-refractivity contribution in [3.05, 3.63) is 42.0 Å². The van der Waals surface area contributed by atoms with Gasteiger partial charge in [0.2, 0.25) is 0 Å². The lowest BCUT2D eigenvalue weighted by molar-refractivity contribution is 0.117. The highest BCUT2D eigenvalue weighted by atomic mass is 35.5. The monoisotopic (exact) mass is 259 g/mol. The molecule has 0 amide bonds. The Hall–Kier alpha value is -1.39. The number of hydrogen-bond acceptors (Lipinski definition) is 2. The fourth-order valence-corrected chi connectivity index (χ4v) is 1.73. The van der Waals surface area contributed by atoms with Crippen molar-refractivity contribution in [1.82, 2.24) is 0 Å². The lowest BCUT2D eigenvalue weighted by Crippen LogP contribution is -2.19. The van der Waals surface area contributed by atoms with E-state index in [1.165, 1.54) is 12.1 Å². The third kappa shape index (κ3) is 2.48. The highest BCUT2D eigenvalue weighted by molar-refractivity contribution is 5.91. The number of hydrogen-bond donors (Lipinski definition) is 2. The number of phenols is 1. The van der Waals surface area contributed by atoms with Crippen LogP contribution in [0.25, 0.3) is 10.8 Å². The zero-order chi connectivity index (χ0) is 11.7. The Bertz CT molecular complexity index is 519. The van der Waals surface area contributed by atoms with E-state index in [9.17, 15) is 13.9 Å². The molecule has 2 aromatic carbocycles. The summed E-state index contributed by atoms with van der Waals surface area (Å²) in [5, 5.41) is 10.7. The number of phenolic OH excluding ortho intramolecular Hbond substituents is 1. The second-order valence-electron chi connectivity index (χ2n) is 3.58. The smallest absolute Gasteiger partial charge is 0.257 e. The summed E-state index contributed by atoms with van der Waals surface area (Å²) in [4.78, 5) is 0. The van der Waals surface area contributed by atoms with E-state index in [-0.39, 0.29) is 18.2 Å². The van der Waals surface area contributed by atoms with Crippen molar-refractivity contribution in [1.29, 1.82) is 0 Å². The number of fused-ring (bicyclic) bond motifs is 1. The van der Waals surface area contributed by atoms with Crippen LogP contribution in [0, 0.1) is 0 Å². The van der Waals surface area contributed by atoms with Crippen molar-refractivity contribution in [3.63, 3.8) is 0 Å². The van der Waals surface area contributed by atoms with Gasteiger partial charge in [0.25, 0.3) is 6.43 Å². The summed E-state index contributed by atoms with van der Waals surface area (Å²) < 4.78 is 25.1. The molecule has 3 N–H and O–H groups in total. The zero-order valence-corrected chi connectivity index (χ0v) is 9.62. The minimum atomic E-state index is -2.62. The Morgan fingerprint density at radius 3 is 2.18 bits per heavy atom. The molecule has 0 heterocycles. The van der Waals surface area contributed by atoms with E-state index in [4.69, 9.17) is 5.73 Å². The van der Waals surface area contributed by atoms with Crippen LogP contribution in [0.1, 0.15) is 11.6 Å². The molecule has 17 heavy (non-hydrogen) atoms. The standard InChI is InChI=1S/C12H11F2NO.ClH/c13-12(14)11(15)9-5-6-10(16)8-4-2-1-3-7(8)9;/h1-6,11-12,16H,15H2;1H/t11-;/m1./s1. The van der Waals surface area contributed by atoms with Gasteiger partial charge in [0.05, 0.1) is 6.04 Å². The van der Waals surface area contributed by atoms with Crippen molar-refractivity contribution in [2.75, 3.05) is 0 Å². The second kappa shape index (κ2) is 5.29. The Kier molecular flexibility index (Phi) is 4.26. The fraction of sp³-hybridized carbons (Fsp3) is 0.167. The molecule has 0 aliphatic heterocycles. The Morgan fingerprint density at radius 2 is 1.59 bits per heavy atom. The molecule has 92 valence electrons. The maximum atomic E-state index is 12.6. The van der Waals surface area contributed by atoms with Crippen molar-refractivity contribution in [3.8, 4) is 5.75 Å². The normalized spacial score (nSPS) is 12.5. The Labute approximate surface area is 103 Å². The van der Waals surface area contributed by atoms with Crippen molar-refractivity contribution >= 4 is 23.2 Å². The summed E-state index contributed by atoms with van der Waals surface area (Å²) >= 11 is 0. The topological polar surface area (TPSA) is 46.2 Å². The third-order valence-electron chi connectivity index (χ3n) is 2.57. The number of rotatable bonds is 2. The second-order valence-corrected chi connectivity index (χ2v) is 3.58. The van der Waals surface area contributed by atoms with Crippen LogP contribution in [0.15, 0.2) is 36.4 Å². The minimum absolute atomic E-state index is 0. The minimum Gasteiger partial charge on any atom is -0.507 e. The maximum Gasteiger partial charge on any atom is 0.257 e. The predicted molar refractivity (Wildman–Crippen MR) is 65.8 cm³/mol. The molecule has 5 heteroatoms. The summed E-state index contributed by atoms with van der Waals surface area (Å²) in [5.41, 5.74) is 5.77. The van der Waals surface area contributed by atoms with Crippen LogP contribution in [0.4, 0.5) is 8.78 Å². The number of alkyl halides is 2. The lowest BCUT2D eigenvalue weighted by Gasteiger charge is -2.14. The average Bonchev–Trinajstić information content (AvgIpc) is 2.29. The molecule has 0 fully saturated rings. The number of halogens is 3. The first-order valence-corrected chi connectivity index (χ1v) is 4.85. The van der Waals surface area contributed by atoms with Crippen LogP contribution in [-0.2, 0) is 0 Å². The van der Waals surface area contributed by atoms with Gasteiger partial charge in [-0.3, -0.25) is 0 Å². The molecule has 0 aliphatic carbocycles. The number of nitrogens with two attached hydrogens (primary N) is 1. The van der Waals surface area contributed by atoms with Gasteiger partial charge < -0.3 is 10.8 Å². The highest BCUT2D eigenvalue weighted by Crippen LogP contribution is 2.31. The molecule has 0 saturated carbocycles. The molecule has 2 rings (SSSR count). The van der Waals surface area contributed by atoms with Gasteiger partial charge in [-0.15, -0.1) is 12.4 Å². The van der Waals surface area contributed by atoms with Gasteiger partial charge in [-0.2, -0.15) is 0 Å². The molecular formula is C12H12ClF2NO. The summed E-state index contributed by atoms with van der Waals surface area (Å²) in [6.45, 7) is 0. The molecule has 0 aromatic heterocycles. The first-order chi connectivity index (χ1) is 7.61. The average molecular weight is 260 g/mol. The Morgan fingerprint density at radius 1 is 1.00 bits per heavy atom. The Balaban J connectivity index is 0.00000144. The van der Waals surface area contributed by atoms with Crippen LogP contribution < -0.4 is 5.73 Å². The third-order valence-corrected chi connectivity index (χ3v) is 2.57. The maximum absolute atomic E-state index is 12.6. The van der Waals surface area contributed by atoms with E-state index in [0.29, 0.717) is 16.3 Å². The van der Waals surface area contributed by atoms with E-state index in [1.54, 1.807) is 24.3 Å². The number of aromatic hydroxyl groups is 1. The summed E-state index contributed by atoms with van der Waals surface area (Å²) in [6.07, 6.45) is -2.62. The van der Waals surface area contributed by atoms with Gasteiger partial charge in [-0.25, -0.2) is 8.78 Å². The van der Waals surface area contributed by atoms with Crippen LogP contribution in [0.5, 0.6) is 5.75 Å². The molecular weight excluding hydrogens is 248 g/mol. The van der Waals surface area contributed by atoms with Gasteiger partial charge in [0.1, 0.15) is 5.75 Å². The van der Waals surface area contributed by atoms with Crippen LogP contribution >= 0.6 is 12.4 Å². The molecule has 2 nitrogen and oxygen atoms in total. The van der Waals surface area contributed by atoms with Crippen LogP contribution in [0.2, 0.25) is 0 Å². The van der Waals surface area contributed by atoms with Crippen molar-refractivity contribution in [2.45, 2.75) is 12.5 Å². The van der Waals surface area contributed by atoms with Gasteiger partial charge in [-0.1, -0.05) is 30.3 Å². The molecule has 0 unspecified atom stereocenters. The quantitative estimate of drug-likeness (QED) is 0.870. The molecule has 0 radical (unpaired) electrons. The summed E-state index contributed by atoms with van der Waals surface area (Å²) in [6, 6.07) is 8.31. The van der Waals surface area contributed by atoms with Gasteiger partial charge in [-0.05, 0) is 17.0 Å². The van der Waals surface area contributed by atoms with E-state index in [2.05, 4.69) is 0 Å². The first kappa shape index (κ1) is 13.7. The largest absolute Gasteiger partial charge is 0.507 e. The molecule has 0 aliphatic rings. The fourth-order valence-electron chi connectivity index (χ4n) is 1.73. The molecule has 0 bridgehead atoms. The van der Waals surface area contributed by atoms with Crippen molar-refractivity contribution in [2.24, 2.45) is 5.73 Å². The zero-order valence-electron chi connectivity index (χ0n) is 8.81. The van der Waals surface area contributed by atoms with Gasteiger partial charge >= 0.3 is 0 Å². The van der Waals surface area contributed by atoms with Crippen molar-refractivity contribution < 1.29 is 13.9 Å². The van der Waals surface area contributed by atoms with E-state index in [1.807, 2.05) is 0 Å². The number of benzene rings is 2. The van der Waals surface area contributed by atoms with Gasteiger partial charge in [0.15, 0.2) is 0 Å². The van der Waals surface area contributed by atoms with Crippen LogP contribution in [0.3, 0.4) is 0 Å². The van der Waals surface area contributed by atoms with E-state index >= 15 is 0 Å². The highest BCUT2D eigenvalue weighted by Gasteiger charge is 2.20. The van der Waals surface area contributed by atoms with E-state index in [0.717, 1.165) is 0 Å². The molecule has 1 atom stereocenters. The molecule has 0 spiro atoms. The molecule has 2 aromatic rings. The summed E-state index contributed by atoms with van der Waals surface area (Å²) in [5.74, 6) is 0.0702. The molecule has 0 saturated heterocycles. The first-order valence-electron chi connectivity index (χ1n) is 4.85. The van der Waals surface area contributed by atoms with Gasteiger partial charge in [0, 0.05) is 5.39 Å². The van der Waals surface area contributed by atoms with E-state index < -0.39 is 12.5 Å². The SMILES string of the molecule is Cl.N[C@H](c1ccc(O)c2ccccc12)C(F)F.